The molecule has 2 N–H and O–H groups in total. The molecular weight excluding hydrogens is 352 g/mol. The quantitative estimate of drug-likeness (QED) is 0.716. The molecule has 8 heteroatoms. The average molecular weight is 370 g/mol. The van der Waals surface area contributed by atoms with Crippen LogP contribution in [-0.4, -0.2) is 30.9 Å². The predicted octanol–water partition coefficient (Wildman–Crippen LogP) is 3.62. The summed E-state index contributed by atoms with van der Waals surface area (Å²) in [7, 11) is 3.79. The van der Waals surface area contributed by atoms with Crippen LogP contribution in [0.5, 0.6) is 0 Å². The number of thiophene rings is 1. The summed E-state index contributed by atoms with van der Waals surface area (Å²) in [5.74, 6) is 0.421. The standard InChI is InChI=1S/C18H18N4O3S/c1-11-9-15(21-17(23)13-5-4-8-25-13)26-16(11)18(24)20-12-6-7-14(19-10-12)22(2)3/h4-10H,1-3H3,(H,20,24)(H,21,23). The van der Waals surface area contributed by atoms with E-state index in [2.05, 4.69) is 15.6 Å². The number of anilines is 3. The fourth-order valence-corrected chi connectivity index (χ4v) is 3.23. The SMILES string of the molecule is Cc1cc(NC(=O)c2ccco2)sc1C(=O)Nc1ccc(N(C)C)nc1. The number of aryl methyl sites for hydroxylation is 1. The summed E-state index contributed by atoms with van der Waals surface area (Å²) < 4.78 is 5.06. The van der Waals surface area contributed by atoms with Crippen LogP contribution in [0.3, 0.4) is 0 Å². The molecule has 3 aromatic rings. The van der Waals surface area contributed by atoms with Gasteiger partial charge in [0.1, 0.15) is 5.82 Å². The van der Waals surface area contributed by atoms with Crippen LogP contribution in [0, 0.1) is 6.92 Å². The molecule has 3 rings (SSSR count). The van der Waals surface area contributed by atoms with E-state index in [1.165, 1.54) is 17.6 Å². The third kappa shape index (κ3) is 3.92. The van der Waals surface area contributed by atoms with Crippen molar-refractivity contribution >= 4 is 39.7 Å². The monoisotopic (exact) mass is 370 g/mol. The maximum Gasteiger partial charge on any atom is 0.291 e. The molecule has 0 saturated heterocycles. The van der Waals surface area contributed by atoms with E-state index in [9.17, 15) is 9.59 Å². The number of amides is 2. The molecule has 0 aliphatic carbocycles. The Hall–Kier alpha value is -3.13. The molecule has 0 radical (unpaired) electrons. The average Bonchev–Trinajstić information content (AvgIpc) is 3.25. The Kier molecular flexibility index (Phi) is 5.04. The van der Waals surface area contributed by atoms with Gasteiger partial charge in [-0.25, -0.2) is 4.98 Å². The number of aromatic nitrogens is 1. The molecule has 26 heavy (non-hydrogen) atoms. The third-order valence-electron chi connectivity index (χ3n) is 3.57. The van der Waals surface area contributed by atoms with Gasteiger partial charge in [0.2, 0.25) is 0 Å². The molecule has 134 valence electrons. The number of carbonyl (C=O) groups excluding carboxylic acids is 2. The molecule has 0 atom stereocenters. The first-order chi connectivity index (χ1) is 12.4. The lowest BCUT2D eigenvalue weighted by Gasteiger charge is -2.11. The maximum atomic E-state index is 12.5. The van der Waals surface area contributed by atoms with Crippen LogP contribution >= 0.6 is 11.3 Å². The maximum absolute atomic E-state index is 12.5. The van der Waals surface area contributed by atoms with Gasteiger partial charge >= 0.3 is 0 Å². The van der Waals surface area contributed by atoms with Crippen LogP contribution in [0.2, 0.25) is 0 Å². The van der Waals surface area contributed by atoms with Gasteiger partial charge in [-0.1, -0.05) is 0 Å². The summed E-state index contributed by atoms with van der Waals surface area (Å²) in [5.41, 5.74) is 1.38. The minimum Gasteiger partial charge on any atom is -0.459 e. The van der Waals surface area contributed by atoms with E-state index in [1.807, 2.05) is 32.0 Å². The van der Waals surface area contributed by atoms with Crippen LogP contribution in [0.15, 0.2) is 47.2 Å². The Bertz CT molecular complexity index is 915. The van der Waals surface area contributed by atoms with Gasteiger partial charge in [-0.05, 0) is 42.8 Å². The number of rotatable bonds is 5. The second kappa shape index (κ2) is 7.40. The van der Waals surface area contributed by atoms with Crippen molar-refractivity contribution in [1.82, 2.24) is 4.98 Å². The predicted molar refractivity (Wildman–Crippen MR) is 102 cm³/mol. The van der Waals surface area contributed by atoms with E-state index < -0.39 is 0 Å². The molecule has 0 aliphatic heterocycles. The lowest BCUT2D eigenvalue weighted by molar-refractivity contribution is 0.0995. The Balaban J connectivity index is 1.69. The number of nitrogens with one attached hydrogen (secondary N) is 2. The topological polar surface area (TPSA) is 87.5 Å². The van der Waals surface area contributed by atoms with Gasteiger partial charge in [-0.3, -0.25) is 9.59 Å². The van der Waals surface area contributed by atoms with Gasteiger partial charge in [-0.2, -0.15) is 0 Å². The molecule has 0 saturated carbocycles. The van der Waals surface area contributed by atoms with E-state index >= 15 is 0 Å². The third-order valence-corrected chi connectivity index (χ3v) is 4.72. The van der Waals surface area contributed by atoms with Gasteiger partial charge in [0, 0.05) is 14.1 Å². The van der Waals surface area contributed by atoms with Crippen molar-refractivity contribution in [3.8, 4) is 0 Å². The molecule has 3 heterocycles. The van der Waals surface area contributed by atoms with Crippen molar-refractivity contribution in [3.63, 3.8) is 0 Å². The van der Waals surface area contributed by atoms with Gasteiger partial charge in [0.15, 0.2) is 5.76 Å². The molecule has 0 aromatic carbocycles. The Morgan fingerprint density at radius 1 is 1.15 bits per heavy atom. The molecule has 0 bridgehead atoms. The number of hydrogen-bond acceptors (Lipinski definition) is 6. The summed E-state index contributed by atoms with van der Waals surface area (Å²) in [6.45, 7) is 1.82. The van der Waals surface area contributed by atoms with Crippen molar-refractivity contribution in [2.75, 3.05) is 29.6 Å². The van der Waals surface area contributed by atoms with Crippen LogP contribution in [0.1, 0.15) is 25.8 Å². The first-order valence-electron chi connectivity index (χ1n) is 7.84. The molecule has 0 spiro atoms. The zero-order chi connectivity index (χ0) is 18.7. The highest BCUT2D eigenvalue weighted by atomic mass is 32.1. The Morgan fingerprint density at radius 2 is 1.96 bits per heavy atom. The van der Waals surface area contributed by atoms with Crippen LogP contribution in [0.25, 0.3) is 0 Å². The molecule has 0 aliphatic rings. The molecule has 3 aromatic heterocycles. The fourth-order valence-electron chi connectivity index (χ4n) is 2.26. The molecule has 0 fully saturated rings. The number of hydrogen-bond donors (Lipinski definition) is 2. The first-order valence-corrected chi connectivity index (χ1v) is 8.65. The minimum absolute atomic E-state index is 0.217. The summed E-state index contributed by atoms with van der Waals surface area (Å²) in [5, 5.41) is 6.13. The van der Waals surface area contributed by atoms with Crippen molar-refractivity contribution in [2.24, 2.45) is 0 Å². The Morgan fingerprint density at radius 3 is 2.58 bits per heavy atom. The molecule has 2 amide bonds. The van der Waals surface area contributed by atoms with Crippen LogP contribution in [0.4, 0.5) is 16.5 Å². The van der Waals surface area contributed by atoms with Gasteiger partial charge < -0.3 is 20.0 Å². The van der Waals surface area contributed by atoms with Crippen LogP contribution in [-0.2, 0) is 0 Å². The summed E-state index contributed by atoms with van der Waals surface area (Å²) >= 11 is 1.21. The fraction of sp³-hybridized carbons (Fsp3) is 0.167. The zero-order valence-electron chi connectivity index (χ0n) is 14.6. The molecule has 7 nitrogen and oxygen atoms in total. The highest BCUT2D eigenvalue weighted by Gasteiger charge is 2.17. The van der Waals surface area contributed by atoms with E-state index in [4.69, 9.17) is 4.42 Å². The highest BCUT2D eigenvalue weighted by Crippen LogP contribution is 2.28. The van der Waals surface area contributed by atoms with Crippen LogP contribution < -0.4 is 15.5 Å². The molecular formula is C18H18N4O3S. The highest BCUT2D eigenvalue weighted by molar-refractivity contribution is 7.18. The molecule has 0 unspecified atom stereocenters. The largest absolute Gasteiger partial charge is 0.459 e. The number of carbonyl (C=O) groups is 2. The second-order valence-corrected chi connectivity index (χ2v) is 6.86. The summed E-state index contributed by atoms with van der Waals surface area (Å²) in [6.07, 6.45) is 3.04. The minimum atomic E-state index is -0.355. The second-order valence-electron chi connectivity index (χ2n) is 5.81. The van der Waals surface area contributed by atoms with E-state index in [0.717, 1.165) is 11.4 Å². The van der Waals surface area contributed by atoms with Gasteiger partial charge in [0.05, 0.1) is 28.0 Å². The zero-order valence-corrected chi connectivity index (χ0v) is 15.4. The van der Waals surface area contributed by atoms with Crippen molar-refractivity contribution in [3.05, 3.63) is 59.0 Å². The van der Waals surface area contributed by atoms with E-state index in [1.54, 1.807) is 30.5 Å². The normalized spacial score (nSPS) is 10.4. The lowest BCUT2D eigenvalue weighted by Crippen LogP contribution is -2.13. The number of pyridine rings is 1. The van der Waals surface area contributed by atoms with Gasteiger partial charge in [-0.15, -0.1) is 11.3 Å². The van der Waals surface area contributed by atoms with Crippen molar-refractivity contribution in [1.29, 1.82) is 0 Å². The van der Waals surface area contributed by atoms with E-state index in [0.29, 0.717) is 15.6 Å². The first kappa shape index (κ1) is 17.7. The van der Waals surface area contributed by atoms with Crippen molar-refractivity contribution < 1.29 is 14.0 Å². The van der Waals surface area contributed by atoms with E-state index in [-0.39, 0.29) is 17.6 Å². The Labute approximate surface area is 154 Å². The number of nitrogens with zero attached hydrogens (tertiary/aromatic N) is 2. The van der Waals surface area contributed by atoms with Crippen molar-refractivity contribution in [2.45, 2.75) is 6.92 Å². The van der Waals surface area contributed by atoms with Gasteiger partial charge in [0.25, 0.3) is 11.8 Å². The smallest absolute Gasteiger partial charge is 0.291 e. The lowest BCUT2D eigenvalue weighted by atomic mass is 10.2. The number of furan rings is 1. The summed E-state index contributed by atoms with van der Waals surface area (Å²) in [4.78, 5) is 31.2. The summed E-state index contributed by atoms with van der Waals surface area (Å²) in [6, 6.07) is 8.60.